The summed E-state index contributed by atoms with van der Waals surface area (Å²) in [5.41, 5.74) is 8.22. The third kappa shape index (κ3) is 3.28. The number of nitrogens with two attached hydrogens (primary N) is 1. The Labute approximate surface area is 116 Å². The van der Waals surface area contributed by atoms with E-state index in [1.807, 2.05) is 6.07 Å². The number of likely N-dealkylation sites (tertiary alicyclic amines) is 1. The van der Waals surface area contributed by atoms with E-state index in [-0.39, 0.29) is 0 Å². The highest BCUT2D eigenvalue weighted by Gasteiger charge is 2.26. The average Bonchev–Trinajstić information content (AvgIpc) is 2.87. The van der Waals surface area contributed by atoms with E-state index in [0.717, 1.165) is 29.8 Å². The van der Waals surface area contributed by atoms with Crippen molar-refractivity contribution in [3.05, 3.63) is 29.3 Å². The molecule has 2 N–H and O–H groups in total. The molecular formula is C16H26N2O. The standard InChI is InChI=1S/C16H26N2O/c1-12(2)15-5-4-8-18(15)11-13-6-7-16(19-3)14(9-13)10-17/h6-7,9,12,15H,4-5,8,10-11,17H2,1-3H3. The summed E-state index contributed by atoms with van der Waals surface area (Å²) in [4.78, 5) is 2.60. The predicted molar refractivity (Wildman–Crippen MR) is 79.2 cm³/mol. The van der Waals surface area contributed by atoms with Gasteiger partial charge in [-0.15, -0.1) is 0 Å². The van der Waals surface area contributed by atoms with Crippen LogP contribution in [0.25, 0.3) is 0 Å². The van der Waals surface area contributed by atoms with Crippen LogP contribution < -0.4 is 10.5 Å². The van der Waals surface area contributed by atoms with Gasteiger partial charge in [-0.3, -0.25) is 4.90 Å². The second-order valence-electron chi connectivity index (χ2n) is 5.77. The molecule has 0 bridgehead atoms. The van der Waals surface area contributed by atoms with Gasteiger partial charge >= 0.3 is 0 Å². The molecule has 1 aliphatic heterocycles. The third-order valence-corrected chi connectivity index (χ3v) is 4.13. The lowest BCUT2D eigenvalue weighted by Crippen LogP contribution is -2.32. The first-order chi connectivity index (χ1) is 9.15. The molecule has 0 aromatic heterocycles. The minimum absolute atomic E-state index is 0.532. The van der Waals surface area contributed by atoms with Gasteiger partial charge in [0, 0.05) is 24.7 Å². The molecule has 0 saturated carbocycles. The molecule has 0 amide bonds. The number of benzene rings is 1. The quantitative estimate of drug-likeness (QED) is 0.887. The summed E-state index contributed by atoms with van der Waals surface area (Å²) in [6.07, 6.45) is 2.65. The number of rotatable bonds is 5. The smallest absolute Gasteiger partial charge is 0.123 e. The van der Waals surface area contributed by atoms with Crippen molar-refractivity contribution in [2.75, 3.05) is 13.7 Å². The van der Waals surface area contributed by atoms with E-state index in [1.165, 1.54) is 24.9 Å². The van der Waals surface area contributed by atoms with Crippen LogP contribution in [0.1, 0.15) is 37.8 Å². The average molecular weight is 262 g/mol. The number of methoxy groups -OCH3 is 1. The molecule has 1 aromatic carbocycles. The maximum absolute atomic E-state index is 5.79. The van der Waals surface area contributed by atoms with Gasteiger partial charge in [0.1, 0.15) is 5.75 Å². The Balaban J connectivity index is 2.10. The Morgan fingerprint density at radius 3 is 2.84 bits per heavy atom. The van der Waals surface area contributed by atoms with E-state index < -0.39 is 0 Å². The highest BCUT2D eigenvalue weighted by Crippen LogP contribution is 2.27. The zero-order valence-electron chi connectivity index (χ0n) is 12.4. The first kappa shape index (κ1) is 14.4. The molecule has 2 rings (SSSR count). The van der Waals surface area contributed by atoms with Crippen molar-refractivity contribution in [3.63, 3.8) is 0 Å². The molecule has 3 nitrogen and oxygen atoms in total. The zero-order chi connectivity index (χ0) is 13.8. The Kier molecular flexibility index (Phi) is 4.83. The van der Waals surface area contributed by atoms with Crippen LogP contribution in [-0.2, 0) is 13.1 Å². The first-order valence-electron chi connectivity index (χ1n) is 7.25. The molecule has 1 fully saturated rings. The fourth-order valence-electron chi connectivity index (χ4n) is 3.13. The maximum Gasteiger partial charge on any atom is 0.123 e. The fraction of sp³-hybridized carbons (Fsp3) is 0.625. The lowest BCUT2D eigenvalue weighted by molar-refractivity contribution is 0.199. The van der Waals surface area contributed by atoms with Crippen molar-refractivity contribution in [3.8, 4) is 5.75 Å². The molecule has 1 aliphatic rings. The molecule has 1 aromatic rings. The van der Waals surface area contributed by atoms with Crippen LogP contribution in [-0.4, -0.2) is 24.6 Å². The van der Waals surface area contributed by atoms with Crippen molar-refractivity contribution in [2.45, 2.75) is 45.8 Å². The molecule has 106 valence electrons. The van der Waals surface area contributed by atoms with Gasteiger partial charge in [0.2, 0.25) is 0 Å². The number of ether oxygens (including phenoxy) is 1. The third-order valence-electron chi connectivity index (χ3n) is 4.13. The van der Waals surface area contributed by atoms with E-state index in [0.29, 0.717) is 6.54 Å². The minimum Gasteiger partial charge on any atom is -0.496 e. The first-order valence-corrected chi connectivity index (χ1v) is 7.25. The van der Waals surface area contributed by atoms with E-state index in [9.17, 15) is 0 Å². The summed E-state index contributed by atoms with van der Waals surface area (Å²) in [5.74, 6) is 1.63. The molecule has 0 aliphatic carbocycles. The second kappa shape index (κ2) is 6.40. The Bertz CT molecular complexity index is 417. The van der Waals surface area contributed by atoms with Crippen molar-refractivity contribution in [2.24, 2.45) is 11.7 Å². The van der Waals surface area contributed by atoms with E-state index >= 15 is 0 Å². The molecule has 0 radical (unpaired) electrons. The van der Waals surface area contributed by atoms with Crippen molar-refractivity contribution >= 4 is 0 Å². The van der Waals surface area contributed by atoms with Crippen LogP contribution in [0.2, 0.25) is 0 Å². The summed E-state index contributed by atoms with van der Waals surface area (Å²) >= 11 is 0. The Hall–Kier alpha value is -1.06. The molecule has 0 spiro atoms. The number of nitrogens with zero attached hydrogens (tertiary/aromatic N) is 1. The molecule has 3 heteroatoms. The van der Waals surface area contributed by atoms with Crippen molar-refractivity contribution in [1.82, 2.24) is 4.90 Å². The topological polar surface area (TPSA) is 38.5 Å². The molecule has 1 heterocycles. The minimum atomic E-state index is 0.532. The van der Waals surface area contributed by atoms with Gasteiger partial charge in [-0.25, -0.2) is 0 Å². The molecule has 19 heavy (non-hydrogen) atoms. The van der Waals surface area contributed by atoms with Gasteiger partial charge in [-0.05, 0) is 43.0 Å². The highest BCUT2D eigenvalue weighted by molar-refractivity contribution is 5.37. The van der Waals surface area contributed by atoms with Crippen LogP contribution in [0.5, 0.6) is 5.75 Å². The highest BCUT2D eigenvalue weighted by atomic mass is 16.5. The summed E-state index contributed by atoms with van der Waals surface area (Å²) in [6, 6.07) is 7.11. The summed E-state index contributed by atoms with van der Waals surface area (Å²) in [5, 5.41) is 0. The van der Waals surface area contributed by atoms with Crippen LogP contribution in [0.4, 0.5) is 0 Å². The fourth-order valence-corrected chi connectivity index (χ4v) is 3.13. The lowest BCUT2D eigenvalue weighted by Gasteiger charge is -2.27. The zero-order valence-corrected chi connectivity index (χ0v) is 12.4. The largest absolute Gasteiger partial charge is 0.496 e. The predicted octanol–water partition coefficient (Wildman–Crippen LogP) is 2.77. The van der Waals surface area contributed by atoms with Crippen LogP contribution >= 0.6 is 0 Å². The van der Waals surface area contributed by atoms with Gasteiger partial charge in [0.25, 0.3) is 0 Å². The Morgan fingerprint density at radius 2 is 2.21 bits per heavy atom. The molecule has 1 atom stereocenters. The Morgan fingerprint density at radius 1 is 1.42 bits per heavy atom. The van der Waals surface area contributed by atoms with Crippen LogP contribution in [0.15, 0.2) is 18.2 Å². The molecule has 1 saturated heterocycles. The monoisotopic (exact) mass is 262 g/mol. The second-order valence-corrected chi connectivity index (χ2v) is 5.77. The summed E-state index contributed by atoms with van der Waals surface area (Å²) < 4.78 is 5.33. The molecular weight excluding hydrogens is 236 g/mol. The summed E-state index contributed by atoms with van der Waals surface area (Å²) in [7, 11) is 1.70. The van der Waals surface area contributed by atoms with Gasteiger partial charge in [-0.1, -0.05) is 19.9 Å². The normalized spacial score (nSPS) is 20.2. The van der Waals surface area contributed by atoms with E-state index in [1.54, 1.807) is 7.11 Å². The lowest BCUT2D eigenvalue weighted by atomic mass is 10.0. The van der Waals surface area contributed by atoms with Crippen LogP contribution in [0, 0.1) is 5.92 Å². The van der Waals surface area contributed by atoms with Gasteiger partial charge < -0.3 is 10.5 Å². The van der Waals surface area contributed by atoms with Gasteiger partial charge in [-0.2, -0.15) is 0 Å². The maximum atomic E-state index is 5.79. The van der Waals surface area contributed by atoms with E-state index in [4.69, 9.17) is 10.5 Å². The van der Waals surface area contributed by atoms with Crippen molar-refractivity contribution in [1.29, 1.82) is 0 Å². The molecule has 1 unspecified atom stereocenters. The number of hydrogen-bond donors (Lipinski definition) is 1. The van der Waals surface area contributed by atoms with Crippen LogP contribution in [0.3, 0.4) is 0 Å². The van der Waals surface area contributed by atoms with Gasteiger partial charge in [0.05, 0.1) is 7.11 Å². The van der Waals surface area contributed by atoms with Crippen molar-refractivity contribution < 1.29 is 4.74 Å². The SMILES string of the molecule is COc1ccc(CN2CCCC2C(C)C)cc1CN. The summed E-state index contributed by atoms with van der Waals surface area (Å²) in [6.45, 7) is 7.42. The van der Waals surface area contributed by atoms with E-state index in [2.05, 4.69) is 30.9 Å². The van der Waals surface area contributed by atoms with Gasteiger partial charge in [0.15, 0.2) is 0 Å². The number of hydrogen-bond acceptors (Lipinski definition) is 3.